The Bertz CT molecular complexity index is 441. The van der Waals surface area contributed by atoms with Gasteiger partial charge in [-0.2, -0.15) is 0 Å². The molecular formula is C15H22FN3O. The molecule has 0 saturated carbocycles. The van der Waals surface area contributed by atoms with Gasteiger partial charge in [0.15, 0.2) is 0 Å². The summed E-state index contributed by atoms with van der Waals surface area (Å²) in [5, 5.41) is 2.86. The smallest absolute Gasteiger partial charge is 0.237 e. The lowest BCUT2D eigenvalue weighted by Gasteiger charge is -2.38. The van der Waals surface area contributed by atoms with Crippen LogP contribution in [-0.2, 0) is 4.79 Å². The van der Waals surface area contributed by atoms with E-state index in [1.54, 1.807) is 12.1 Å². The summed E-state index contributed by atoms with van der Waals surface area (Å²) in [5.41, 5.74) is 1.04. The number of halogens is 1. The van der Waals surface area contributed by atoms with Gasteiger partial charge in [0.2, 0.25) is 5.91 Å². The van der Waals surface area contributed by atoms with Crippen molar-refractivity contribution in [1.82, 2.24) is 10.2 Å². The number of benzene rings is 1. The first-order chi connectivity index (χ1) is 9.61. The summed E-state index contributed by atoms with van der Waals surface area (Å²) in [6.45, 7) is 7.93. The van der Waals surface area contributed by atoms with E-state index in [2.05, 4.69) is 15.1 Å². The molecule has 1 aromatic rings. The van der Waals surface area contributed by atoms with Crippen LogP contribution in [0.5, 0.6) is 0 Å². The highest BCUT2D eigenvalue weighted by Crippen LogP contribution is 2.17. The second kappa shape index (κ2) is 6.70. The predicted octanol–water partition coefficient (Wildman–Crippen LogP) is 1.47. The van der Waals surface area contributed by atoms with E-state index in [1.165, 1.54) is 12.1 Å². The molecule has 0 aliphatic carbocycles. The maximum absolute atomic E-state index is 12.9. The molecule has 1 saturated heterocycles. The van der Waals surface area contributed by atoms with Crippen LogP contribution in [0.25, 0.3) is 0 Å². The first kappa shape index (κ1) is 14.8. The monoisotopic (exact) mass is 279 g/mol. The number of anilines is 1. The number of nitrogens with zero attached hydrogens (tertiary/aromatic N) is 2. The zero-order valence-electron chi connectivity index (χ0n) is 12.1. The van der Waals surface area contributed by atoms with Crippen LogP contribution in [0.1, 0.15) is 13.8 Å². The predicted molar refractivity (Wildman–Crippen MR) is 78.3 cm³/mol. The number of piperazine rings is 1. The summed E-state index contributed by atoms with van der Waals surface area (Å²) in [5.74, 6) is -0.125. The zero-order valence-corrected chi connectivity index (χ0v) is 12.1. The normalized spacial score (nSPS) is 17.9. The zero-order chi connectivity index (χ0) is 14.5. The highest BCUT2D eigenvalue weighted by molar-refractivity contribution is 5.81. The molecule has 2 rings (SSSR count). The molecule has 1 aliphatic rings. The van der Waals surface area contributed by atoms with Gasteiger partial charge in [0, 0.05) is 38.4 Å². The van der Waals surface area contributed by atoms with Crippen LogP contribution in [0.3, 0.4) is 0 Å². The standard InChI is InChI=1S/C15H22FN3O/c1-3-17-15(20)12(2)18-8-10-19(11-9-18)14-6-4-13(16)5-7-14/h4-7,12H,3,8-11H2,1-2H3,(H,17,20)/t12-/m1/s1. The van der Waals surface area contributed by atoms with Gasteiger partial charge in [-0.3, -0.25) is 9.69 Å². The van der Waals surface area contributed by atoms with Crippen LogP contribution in [-0.4, -0.2) is 49.6 Å². The minimum Gasteiger partial charge on any atom is -0.369 e. The summed E-state index contributed by atoms with van der Waals surface area (Å²) in [6.07, 6.45) is 0. The number of carbonyl (C=O) groups is 1. The molecule has 1 aromatic carbocycles. The van der Waals surface area contributed by atoms with Crippen molar-refractivity contribution in [2.24, 2.45) is 0 Å². The Morgan fingerprint density at radius 3 is 2.40 bits per heavy atom. The first-order valence-corrected chi connectivity index (χ1v) is 7.14. The van der Waals surface area contributed by atoms with Crippen molar-refractivity contribution in [3.05, 3.63) is 30.1 Å². The van der Waals surface area contributed by atoms with E-state index >= 15 is 0 Å². The lowest BCUT2D eigenvalue weighted by atomic mass is 10.2. The maximum Gasteiger partial charge on any atom is 0.237 e. The molecule has 0 unspecified atom stereocenters. The highest BCUT2D eigenvalue weighted by atomic mass is 19.1. The molecule has 1 fully saturated rings. The van der Waals surface area contributed by atoms with Gasteiger partial charge >= 0.3 is 0 Å². The van der Waals surface area contributed by atoms with E-state index in [9.17, 15) is 9.18 Å². The van der Waals surface area contributed by atoms with Gasteiger partial charge < -0.3 is 10.2 Å². The van der Waals surface area contributed by atoms with E-state index in [-0.39, 0.29) is 17.8 Å². The van der Waals surface area contributed by atoms with E-state index in [0.29, 0.717) is 6.54 Å². The molecule has 20 heavy (non-hydrogen) atoms. The second-order valence-corrected chi connectivity index (χ2v) is 5.07. The number of hydrogen-bond donors (Lipinski definition) is 1. The molecule has 0 radical (unpaired) electrons. The highest BCUT2D eigenvalue weighted by Gasteiger charge is 2.25. The van der Waals surface area contributed by atoms with Crippen molar-refractivity contribution in [1.29, 1.82) is 0 Å². The fraction of sp³-hybridized carbons (Fsp3) is 0.533. The Morgan fingerprint density at radius 1 is 1.25 bits per heavy atom. The number of nitrogens with one attached hydrogen (secondary N) is 1. The van der Waals surface area contributed by atoms with Crippen molar-refractivity contribution in [3.63, 3.8) is 0 Å². The first-order valence-electron chi connectivity index (χ1n) is 7.14. The van der Waals surface area contributed by atoms with Crippen LogP contribution < -0.4 is 10.2 Å². The minimum absolute atomic E-state index is 0.0859. The van der Waals surface area contributed by atoms with Gasteiger partial charge in [-0.25, -0.2) is 4.39 Å². The molecule has 110 valence electrons. The van der Waals surface area contributed by atoms with Crippen LogP contribution in [0.2, 0.25) is 0 Å². The molecule has 1 amide bonds. The molecule has 1 N–H and O–H groups in total. The van der Waals surface area contributed by atoms with Gasteiger partial charge in [-0.15, -0.1) is 0 Å². The van der Waals surface area contributed by atoms with Gasteiger partial charge in [0.1, 0.15) is 5.82 Å². The molecule has 1 aliphatic heterocycles. The Morgan fingerprint density at radius 2 is 1.85 bits per heavy atom. The SMILES string of the molecule is CCNC(=O)[C@@H](C)N1CCN(c2ccc(F)cc2)CC1. The van der Waals surface area contributed by atoms with Crippen LogP contribution in [0, 0.1) is 5.82 Å². The lowest BCUT2D eigenvalue weighted by molar-refractivity contribution is -0.125. The molecular weight excluding hydrogens is 257 g/mol. The Labute approximate surface area is 119 Å². The summed E-state index contributed by atoms with van der Waals surface area (Å²) in [4.78, 5) is 16.2. The van der Waals surface area contributed by atoms with E-state index < -0.39 is 0 Å². The molecule has 0 bridgehead atoms. The summed E-state index contributed by atoms with van der Waals surface area (Å²) in [6, 6.07) is 6.49. The van der Waals surface area contributed by atoms with Gasteiger partial charge in [-0.1, -0.05) is 0 Å². The van der Waals surface area contributed by atoms with Gasteiger partial charge in [0.05, 0.1) is 6.04 Å². The molecule has 0 aromatic heterocycles. The van der Waals surface area contributed by atoms with Crippen molar-refractivity contribution in [3.8, 4) is 0 Å². The Hall–Kier alpha value is -1.62. The van der Waals surface area contributed by atoms with Crippen molar-refractivity contribution < 1.29 is 9.18 Å². The average molecular weight is 279 g/mol. The third kappa shape index (κ3) is 3.48. The van der Waals surface area contributed by atoms with Crippen LogP contribution in [0.4, 0.5) is 10.1 Å². The van der Waals surface area contributed by atoms with Crippen molar-refractivity contribution in [2.45, 2.75) is 19.9 Å². The lowest BCUT2D eigenvalue weighted by Crippen LogP contribution is -2.54. The Kier molecular flexibility index (Phi) is 4.95. The average Bonchev–Trinajstić information content (AvgIpc) is 2.48. The number of rotatable bonds is 4. The maximum atomic E-state index is 12.9. The van der Waals surface area contributed by atoms with Crippen LogP contribution >= 0.6 is 0 Å². The molecule has 4 nitrogen and oxygen atoms in total. The van der Waals surface area contributed by atoms with Gasteiger partial charge in [-0.05, 0) is 38.1 Å². The minimum atomic E-state index is -0.211. The topological polar surface area (TPSA) is 35.6 Å². The van der Waals surface area contributed by atoms with Crippen molar-refractivity contribution in [2.75, 3.05) is 37.6 Å². The fourth-order valence-corrected chi connectivity index (χ4v) is 2.51. The second-order valence-electron chi connectivity index (χ2n) is 5.07. The van der Waals surface area contributed by atoms with Crippen LogP contribution in [0.15, 0.2) is 24.3 Å². The van der Waals surface area contributed by atoms with E-state index in [0.717, 1.165) is 31.9 Å². The number of amides is 1. The third-order valence-electron chi connectivity index (χ3n) is 3.78. The quantitative estimate of drug-likeness (QED) is 0.906. The Balaban J connectivity index is 1.89. The summed E-state index contributed by atoms with van der Waals surface area (Å²) < 4.78 is 12.9. The number of hydrogen-bond acceptors (Lipinski definition) is 3. The van der Waals surface area contributed by atoms with E-state index in [4.69, 9.17) is 0 Å². The molecule has 1 heterocycles. The van der Waals surface area contributed by atoms with E-state index in [1.807, 2.05) is 13.8 Å². The number of carbonyl (C=O) groups excluding carboxylic acids is 1. The molecule has 0 spiro atoms. The number of likely N-dealkylation sites (N-methyl/N-ethyl adjacent to an activating group) is 1. The van der Waals surface area contributed by atoms with Gasteiger partial charge in [0.25, 0.3) is 0 Å². The fourth-order valence-electron chi connectivity index (χ4n) is 2.51. The molecule has 1 atom stereocenters. The summed E-state index contributed by atoms with van der Waals surface area (Å²) in [7, 11) is 0. The van der Waals surface area contributed by atoms with Crippen molar-refractivity contribution >= 4 is 11.6 Å². The summed E-state index contributed by atoms with van der Waals surface area (Å²) >= 11 is 0. The molecule has 5 heteroatoms. The third-order valence-corrected chi connectivity index (χ3v) is 3.78. The largest absolute Gasteiger partial charge is 0.369 e.